The highest BCUT2D eigenvalue weighted by molar-refractivity contribution is 6.23. The molecule has 1 aromatic heterocycles. The Morgan fingerprint density at radius 1 is 1.11 bits per heavy atom. The Hall–Kier alpha value is -3.61. The van der Waals surface area contributed by atoms with Crippen LogP contribution >= 0.6 is 0 Å². The number of carbonyl (C=O) groups is 3. The molecule has 2 aromatic carbocycles. The molecule has 0 saturated carbocycles. The molecule has 0 spiro atoms. The summed E-state index contributed by atoms with van der Waals surface area (Å²) in [4.78, 5) is 43.9. The largest absolute Gasteiger partial charge is 0.478 e. The number of hydrogen-bond acceptors (Lipinski definition) is 3. The lowest BCUT2D eigenvalue weighted by Crippen LogP contribution is -2.42. The monoisotopic (exact) mass is 375 g/mol. The summed E-state index contributed by atoms with van der Waals surface area (Å²) in [7, 11) is 0. The Kier molecular flexibility index (Phi) is 3.37. The van der Waals surface area contributed by atoms with Crippen LogP contribution in [-0.4, -0.2) is 38.9 Å². The average molecular weight is 375 g/mol. The number of aromatic nitrogens is 1. The topological polar surface area (TPSA) is 93.7 Å². The third-order valence-electron chi connectivity index (χ3n) is 5.71. The number of benzene rings is 2. The van der Waals surface area contributed by atoms with Crippen molar-refractivity contribution in [3.63, 3.8) is 0 Å². The van der Waals surface area contributed by atoms with Gasteiger partial charge in [0.25, 0.3) is 5.91 Å². The molecule has 7 heteroatoms. The summed E-state index contributed by atoms with van der Waals surface area (Å²) in [6.07, 6.45) is 0.403. The third-order valence-corrected chi connectivity index (χ3v) is 5.71. The molecule has 2 aliphatic rings. The van der Waals surface area contributed by atoms with Gasteiger partial charge in [-0.25, -0.2) is 14.5 Å². The minimum absolute atomic E-state index is 0.0688. The van der Waals surface area contributed by atoms with E-state index in [9.17, 15) is 19.5 Å². The van der Waals surface area contributed by atoms with E-state index < -0.39 is 18.0 Å². The lowest BCUT2D eigenvalue weighted by atomic mass is 9.93. The molecule has 3 aromatic rings. The van der Waals surface area contributed by atoms with Gasteiger partial charge < -0.3 is 15.0 Å². The fourth-order valence-corrected chi connectivity index (χ4v) is 4.43. The average Bonchev–Trinajstić information content (AvgIpc) is 3.18. The maximum absolute atomic E-state index is 13.2. The number of para-hydroxylation sites is 2. The summed E-state index contributed by atoms with van der Waals surface area (Å²) in [5, 5.41) is 10.5. The number of aromatic carboxylic acids is 1. The first kappa shape index (κ1) is 16.6. The summed E-state index contributed by atoms with van der Waals surface area (Å²) < 4.78 is 0. The number of nitrogens with zero attached hydrogens (tertiary/aromatic N) is 2. The van der Waals surface area contributed by atoms with Gasteiger partial charge in [0.2, 0.25) is 0 Å². The van der Waals surface area contributed by atoms with Crippen LogP contribution in [0.5, 0.6) is 0 Å². The zero-order chi connectivity index (χ0) is 19.6. The van der Waals surface area contributed by atoms with E-state index in [4.69, 9.17) is 0 Å². The van der Waals surface area contributed by atoms with Crippen molar-refractivity contribution in [2.45, 2.75) is 25.4 Å². The Morgan fingerprint density at radius 2 is 1.82 bits per heavy atom. The van der Waals surface area contributed by atoms with Crippen LogP contribution in [-0.2, 0) is 11.2 Å². The van der Waals surface area contributed by atoms with Crippen molar-refractivity contribution in [1.82, 2.24) is 9.88 Å². The first-order chi connectivity index (χ1) is 13.5. The number of fused-ring (bicyclic) bond motifs is 4. The van der Waals surface area contributed by atoms with Gasteiger partial charge in [-0.3, -0.25) is 4.79 Å². The number of H-pyrrole nitrogens is 1. The molecule has 7 nitrogen and oxygen atoms in total. The second-order valence-electron chi connectivity index (χ2n) is 7.14. The molecule has 2 atom stereocenters. The van der Waals surface area contributed by atoms with Crippen molar-refractivity contribution in [3.8, 4) is 0 Å². The van der Waals surface area contributed by atoms with E-state index in [1.54, 1.807) is 17.0 Å². The number of nitrogens with one attached hydrogen (secondary N) is 1. The van der Waals surface area contributed by atoms with Crippen LogP contribution in [0.1, 0.15) is 34.6 Å². The molecule has 0 radical (unpaired) electrons. The molecule has 0 aliphatic carbocycles. The zero-order valence-electron chi connectivity index (χ0n) is 15.0. The number of hydrogen-bond donors (Lipinski definition) is 2. The first-order valence-corrected chi connectivity index (χ1v) is 9.07. The predicted molar refractivity (Wildman–Crippen MR) is 102 cm³/mol. The maximum Gasteiger partial charge on any atom is 0.337 e. The highest BCUT2D eigenvalue weighted by Crippen LogP contribution is 2.42. The Morgan fingerprint density at radius 3 is 2.61 bits per heavy atom. The van der Waals surface area contributed by atoms with Crippen LogP contribution < -0.4 is 4.90 Å². The van der Waals surface area contributed by atoms with Gasteiger partial charge >= 0.3 is 12.0 Å². The van der Waals surface area contributed by atoms with Crippen LogP contribution in [0.2, 0.25) is 0 Å². The summed E-state index contributed by atoms with van der Waals surface area (Å²) in [5.74, 6) is -1.56. The van der Waals surface area contributed by atoms with Gasteiger partial charge in [0.05, 0.1) is 17.3 Å². The predicted octanol–water partition coefficient (Wildman–Crippen LogP) is 3.32. The van der Waals surface area contributed by atoms with Gasteiger partial charge in [-0.1, -0.05) is 30.3 Å². The second kappa shape index (κ2) is 5.69. The molecule has 1 unspecified atom stereocenters. The Balaban J connectivity index is 1.62. The second-order valence-corrected chi connectivity index (χ2v) is 7.14. The number of carbonyl (C=O) groups excluding carboxylic acids is 2. The molecule has 140 valence electrons. The zero-order valence-corrected chi connectivity index (χ0v) is 15.0. The van der Waals surface area contributed by atoms with E-state index in [1.807, 2.05) is 31.2 Å². The molecule has 1 saturated heterocycles. The lowest BCUT2D eigenvalue weighted by Gasteiger charge is -2.33. The van der Waals surface area contributed by atoms with E-state index in [2.05, 4.69) is 4.98 Å². The molecule has 3 amide bonds. The summed E-state index contributed by atoms with van der Waals surface area (Å²) in [6.45, 7) is 1.89. The van der Waals surface area contributed by atoms with Crippen molar-refractivity contribution in [2.75, 3.05) is 4.90 Å². The van der Waals surface area contributed by atoms with E-state index in [1.165, 1.54) is 12.1 Å². The quantitative estimate of drug-likeness (QED) is 0.672. The van der Waals surface area contributed by atoms with Crippen LogP contribution in [0.4, 0.5) is 10.5 Å². The van der Waals surface area contributed by atoms with Gasteiger partial charge in [-0.05, 0) is 30.7 Å². The number of rotatable bonds is 2. The van der Waals surface area contributed by atoms with Crippen molar-refractivity contribution < 1.29 is 19.5 Å². The van der Waals surface area contributed by atoms with Crippen molar-refractivity contribution in [1.29, 1.82) is 0 Å². The number of imide groups is 1. The molecular weight excluding hydrogens is 358 g/mol. The van der Waals surface area contributed by atoms with Crippen LogP contribution in [0, 0.1) is 0 Å². The van der Waals surface area contributed by atoms with Crippen LogP contribution in [0.25, 0.3) is 10.9 Å². The van der Waals surface area contributed by atoms with E-state index >= 15 is 0 Å². The van der Waals surface area contributed by atoms with Crippen molar-refractivity contribution in [2.24, 2.45) is 0 Å². The van der Waals surface area contributed by atoms with Gasteiger partial charge in [0.1, 0.15) is 6.04 Å². The smallest absolute Gasteiger partial charge is 0.337 e. The Bertz CT molecular complexity index is 1170. The molecule has 28 heavy (non-hydrogen) atoms. The van der Waals surface area contributed by atoms with E-state index in [-0.39, 0.29) is 23.2 Å². The van der Waals surface area contributed by atoms with Crippen molar-refractivity contribution in [3.05, 3.63) is 65.4 Å². The molecule has 1 fully saturated rings. The first-order valence-electron chi connectivity index (χ1n) is 9.07. The molecule has 3 heterocycles. The fraction of sp³-hybridized carbons (Fsp3) is 0.190. The normalized spacial score (nSPS) is 21.2. The Labute approximate surface area is 160 Å². The van der Waals surface area contributed by atoms with E-state index in [0.717, 1.165) is 27.1 Å². The summed E-state index contributed by atoms with van der Waals surface area (Å²) in [6, 6.07) is 12.5. The third kappa shape index (κ3) is 2.07. The lowest BCUT2D eigenvalue weighted by molar-refractivity contribution is -0.120. The molecule has 5 rings (SSSR count). The van der Waals surface area contributed by atoms with Crippen LogP contribution in [0.3, 0.4) is 0 Å². The van der Waals surface area contributed by atoms with Crippen molar-refractivity contribution >= 4 is 34.5 Å². The molecule has 0 bridgehead atoms. The maximum atomic E-state index is 13.2. The van der Waals surface area contributed by atoms with Crippen LogP contribution in [0.15, 0.2) is 48.5 Å². The molecule has 2 N–H and O–H groups in total. The van der Waals surface area contributed by atoms with E-state index in [0.29, 0.717) is 6.42 Å². The number of urea groups is 1. The summed E-state index contributed by atoms with van der Waals surface area (Å²) in [5.41, 5.74) is 2.99. The van der Waals surface area contributed by atoms with Gasteiger partial charge in [0, 0.05) is 23.0 Å². The number of amides is 3. The van der Waals surface area contributed by atoms with Gasteiger partial charge in [-0.2, -0.15) is 0 Å². The number of carboxylic acids is 1. The summed E-state index contributed by atoms with van der Waals surface area (Å²) >= 11 is 0. The highest BCUT2D eigenvalue weighted by Gasteiger charge is 2.52. The van der Waals surface area contributed by atoms with Gasteiger partial charge in [0.15, 0.2) is 0 Å². The molecular formula is C21H17N3O4. The number of aromatic amines is 1. The highest BCUT2D eigenvalue weighted by atomic mass is 16.4. The SMILES string of the molecule is CC1c2[nH]c3ccccc3c2C[C@H]2C(=O)N(c3ccccc3C(=O)O)C(=O)N12. The number of anilines is 1. The van der Waals surface area contributed by atoms with Gasteiger partial charge in [-0.15, -0.1) is 0 Å². The standard InChI is InChI=1S/C21H17N3O4/c1-11-18-14(12-6-2-4-8-15(12)22-18)10-17-19(25)24(21(28)23(11)17)16-9-5-3-7-13(16)20(26)27/h2-9,11,17,22H,10H2,1H3,(H,26,27)/t11?,17-/m0/s1. The number of carboxylic acid groups (broad SMARTS) is 1. The minimum Gasteiger partial charge on any atom is -0.478 e. The molecule has 2 aliphatic heterocycles. The minimum atomic E-state index is -1.18. The fourth-order valence-electron chi connectivity index (χ4n) is 4.43.